The summed E-state index contributed by atoms with van der Waals surface area (Å²) in [5, 5.41) is 0.598. The van der Waals surface area contributed by atoms with Gasteiger partial charge in [-0.15, -0.1) is 0 Å². The number of carbonyl (C=O) groups excluding carboxylic acids is 1. The van der Waals surface area contributed by atoms with Crippen molar-refractivity contribution in [1.82, 2.24) is 0 Å². The molecule has 1 aliphatic heterocycles. The van der Waals surface area contributed by atoms with Crippen molar-refractivity contribution in [1.29, 1.82) is 0 Å². The molecule has 3 aromatic carbocycles. The van der Waals surface area contributed by atoms with Crippen molar-refractivity contribution in [3.8, 4) is 11.5 Å². The van der Waals surface area contributed by atoms with E-state index >= 15 is 0 Å². The molecule has 0 amide bonds. The van der Waals surface area contributed by atoms with Gasteiger partial charge in [-0.1, -0.05) is 41.9 Å². The SMILES string of the molecule is CCOc1cc(OCc2ccccc2)ccc1C=C1N=C(c2ccc(Cl)cc2)OC1=O. The molecule has 0 bridgehead atoms. The van der Waals surface area contributed by atoms with Crippen LogP contribution in [0.3, 0.4) is 0 Å². The Morgan fingerprint density at radius 1 is 1.00 bits per heavy atom. The number of ether oxygens (including phenoxy) is 3. The summed E-state index contributed by atoms with van der Waals surface area (Å²) >= 11 is 5.92. The lowest BCUT2D eigenvalue weighted by atomic mass is 10.1. The van der Waals surface area contributed by atoms with Gasteiger partial charge in [0, 0.05) is 22.2 Å². The molecular weight excluding hydrogens is 414 g/mol. The first-order valence-corrected chi connectivity index (χ1v) is 10.2. The predicted octanol–water partition coefficient (Wildman–Crippen LogP) is 5.66. The largest absolute Gasteiger partial charge is 0.493 e. The minimum Gasteiger partial charge on any atom is -0.493 e. The number of nitrogens with zero attached hydrogens (tertiary/aromatic N) is 1. The van der Waals surface area contributed by atoms with Gasteiger partial charge in [-0.25, -0.2) is 9.79 Å². The average Bonchev–Trinajstić information content (AvgIpc) is 3.15. The molecule has 0 saturated carbocycles. The smallest absolute Gasteiger partial charge is 0.363 e. The summed E-state index contributed by atoms with van der Waals surface area (Å²) in [4.78, 5) is 16.7. The van der Waals surface area contributed by atoms with Crippen LogP contribution in [-0.4, -0.2) is 18.5 Å². The molecule has 0 aliphatic carbocycles. The van der Waals surface area contributed by atoms with Crippen molar-refractivity contribution in [3.63, 3.8) is 0 Å². The van der Waals surface area contributed by atoms with E-state index in [0.29, 0.717) is 40.9 Å². The molecule has 0 fully saturated rings. The van der Waals surface area contributed by atoms with Crippen molar-refractivity contribution in [2.75, 3.05) is 6.61 Å². The predicted molar refractivity (Wildman–Crippen MR) is 120 cm³/mol. The van der Waals surface area contributed by atoms with Crippen LogP contribution < -0.4 is 9.47 Å². The van der Waals surface area contributed by atoms with Gasteiger partial charge in [0.25, 0.3) is 0 Å². The van der Waals surface area contributed by atoms with Gasteiger partial charge in [0.05, 0.1) is 6.61 Å². The molecule has 0 saturated heterocycles. The fourth-order valence-corrected chi connectivity index (χ4v) is 3.14. The lowest BCUT2D eigenvalue weighted by Gasteiger charge is -2.11. The van der Waals surface area contributed by atoms with Crippen LogP contribution in [0.25, 0.3) is 6.08 Å². The molecule has 156 valence electrons. The van der Waals surface area contributed by atoms with Crippen molar-refractivity contribution >= 4 is 29.5 Å². The molecule has 0 atom stereocenters. The molecule has 3 aromatic rings. The topological polar surface area (TPSA) is 57.1 Å². The Kier molecular flexibility index (Phi) is 6.34. The van der Waals surface area contributed by atoms with E-state index in [0.717, 1.165) is 5.56 Å². The van der Waals surface area contributed by atoms with Crippen molar-refractivity contribution in [2.45, 2.75) is 13.5 Å². The van der Waals surface area contributed by atoms with Crippen molar-refractivity contribution < 1.29 is 19.0 Å². The fourth-order valence-electron chi connectivity index (χ4n) is 3.02. The van der Waals surface area contributed by atoms with Crippen molar-refractivity contribution in [3.05, 3.63) is 100 Å². The summed E-state index contributed by atoms with van der Waals surface area (Å²) in [6, 6.07) is 22.3. The van der Waals surface area contributed by atoms with Gasteiger partial charge in [0.2, 0.25) is 5.90 Å². The number of hydrogen-bond donors (Lipinski definition) is 0. The number of esters is 1. The minimum absolute atomic E-state index is 0.198. The second-order valence-electron chi connectivity index (χ2n) is 6.75. The van der Waals surface area contributed by atoms with Gasteiger partial charge in [-0.3, -0.25) is 0 Å². The Balaban J connectivity index is 1.57. The number of rotatable bonds is 7. The highest BCUT2D eigenvalue weighted by atomic mass is 35.5. The van der Waals surface area contributed by atoms with Crippen LogP contribution >= 0.6 is 11.6 Å². The van der Waals surface area contributed by atoms with Crippen LogP contribution in [0, 0.1) is 0 Å². The summed E-state index contributed by atoms with van der Waals surface area (Å²) in [6.45, 7) is 2.82. The highest BCUT2D eigenvalue weighted by Crippen LogP contribution is 2.29. The maximum Gasteiger partial charge on any atom is 0.363 e. The Hall–Kier alpha value is -3.57. The summed E-state index contributed by atoms with van der Waals surface area (Å²) in [5.74, 6) is 1.00. The van der Waals surface area contributed by atoms with Gasteiger partial charge < -0.3 is 14.2 Å². The van der Waals surface area contributed by atoms with Crippen LogP contribution in [0.1, 0.15) is 23.6 Å². The minimum atomic E-state index is -0.517. The Labute approximate surface area is 185 Å². The summed E-state index contributed by atoms with van der Waals surface area (Å²) in [5.41, 5.74) is 2.66. The molecule has 6 heteroatoms. The van der Waals surface area contributed by atoms with Gasteiger partial charge in [-0.05, 0) is 55.0 Å². The Morgan fingerprint density at radius 2 is 1.77 bits per heavy atom. The van der Waals surface area contributed by atoms with E-state index in [9.17, 15) is 4.79 Å². The standard InChI is InChI=1S/C25H20ClNO4/c1-2-29-23-15-21(30-16-17-6-4-3-5-7-17)13-10-19(23)14-22-25(28)31-24(27-22)18-8-11-20(26)12-9-18/h3-15H,2,16H2,1H3. The molecule has 5 nitrogen and oxygen atoms in total. The average molecular weight is 434 g/mol. The van der Waals surface area contributed by atoms with E-state index < -0.39 is 5.97 Å². The molecule has 1 aliphatic rings. The Bertz CT molecular complexity index is 1140. The van der Waals surface area contributed by atoms with Crippen LogP contribution in [-0.2, 0) is 16.1 Å². The lowest BCUT2D eigenvalue weighted by Crippen LogP contribution is -2.05. The number of benzene rings is 3. The zero-order chi connectivity index (χ0) is 21.6. The van der Waals surface area contributed by atoms with Crippen molar-refractivity contribution in [2.24, 2.45) is 4.99 Å². The Morgan fingerprint density at radius 3 is 2.52 bits per heavy atom. The highest BCUT2D eigenvalue weighted by molar-refractivity contribution is 6.30. The van der Waals surface area contributed by atoms with E-state index in [-0.39, 0.29) is 11.6 Å². The molecule has 0 radical (unpaired) electrons. The quantitative estimate of drug-likeness (QED) is 0.356. The monoisotopic (exact) mass is 433 g/mol. The van der Waals surface area contributed by atoms with E-state index in [1.807, 2.05) is 55.5 Å². The molecule has 1 heterocycles. The first-order valence-electron chi connectivity index (χ1n) is 9.84. The summed E-state index contributed by atoms with van der Waals surface area (Å²) < 4.78 is 17.0. The number of hydrogen-bond acceptors (Lipinski definition) is 5. The molecule has 0 spiro atoms. The highest BCUT2D eigenvalue weighted by Gasteiger charge is 2.24. The van der Waals surface area contributed by atoms with Crippen LogP contribution in [0.2, 0.25) is 5.02 Å². The third kappa shape index (κ3) is 5.13. The first-order chi connectivity index (χ1) is 15.1. The number of aliphatic imine (C=N–C) groups is 1. The molecule has 4 rings (SSSR count). The van der Waals surface area contributed by atoms with E-state index in [4.69, 9.17) is 25.8 Å². The molecular formula is C25H20ClNO4. The lowest BCUT2D eigenvalue weighted by molar-refractivity contribution is -0.129. The van der Waals surface area contributed by atoms with Gasteiger partial charge in [-0.2, -0.15) is 0 Å². The maximum atomic E-state index is 12.3. The normalized spacial score (nSPS) is 14.3. The molecule has 0 unspecified atom stereocenters. The summed E-state index contributed by atoms with van der Waals surface area (Å²) in [7, 11) is 0. The van der Waals surface area contributed by atoms with E-state index in [1.165, 1.54) is 0 Å². The number of cyclic esters (lactones) is 1. The van der Waals surface area contributed by atoms with Gasteiger partial charge in [0.1, 0.15) is 18.1 Å². The third-order valence-corrected chi connectivity index (χ3v) is 4.79. The summed E-state index contributed by atoms with van der Waals surface area (Å²) in [6.07, 6.45) is 1.65. The fraction of sp³-hybridized carbons (Fsp3) is 0.120. The second kappa shape index (κ2) is 9.49. The molecule has 31 heavy (non-hydrogen) atoms. The number of carbonyl (C=O) groups is 1. The third-order valence-electron chi connectivity index (χ3n) is 4.54. The van der Waals surface area contributed by atoms with E-state index in [2.05, 4.69) is 4.99 Å². The second-order valence-corrected chi connectivity index (χ2v) is 7.19. The zero-order valence-corrected chi connectivity index (χ0v) is 17.6. The maximum absolute atomic E-state index is 12.3. The number of halogens is 1. The van der Waals surface area contributed by atoms with Gasteiger partial charge in [0.15, 0.2) is 5.70 Å². The van der Waals surface area contributed by atoms with Crippen LogP contribution in [0.15, 0.2) is 83.5 Å². The zero-order valence-electron chi connectivity index (χ0n) is 16.9. The molecule has 0 N–H and O–H groups in total. The van der Waals surface area contributed by atoms with Gasteiger partial charge >= 0.3 is 5.97 Å². The van der Waals surface area contributed by atoms with Crippen LogP contribution in [0.4, 0.5) is 0 Å². The van der Waals surface area contributed by atoms with Crippen LogP contribution in [0.5, 0.6) is 11.5 Å². The van der Waals surface area contributed by atoms with E-state index in [1.54, 1.807) is 30.3 Å². The molecule has 0 aromatic heterocycles. The first kappa shape index (κ1) is 20.7.